The van der Waals surface area contributed by atoms with Gasteiger partial charge in [0.1, 0.15) is 0 Å². The van der Waals surface area contributed by atoms with Gasteiger partial charge in [0.15, 0.2) is 0 Å². The summed E-state index contributed by atoms with van der Waals surface area (Å²) in [6, 6.07) is 8.08. The minimum absolute atomic E-state index is 0.958. The summed E-state index contributed by atoms with van der Waals surface area (Å²) in [7, 11) is 2.00. The number of benzene rings is 1. The average Bonchev–Trinajstić information content (AvgIpc) is 2.48. The van der Waals surface area contributed by atoms with Crippen molar-refractivity contribution >= 4 is 16.6 Å². The molecule has 1 heterocycles. The minimum Gasteiger partial charge on any atom is -0.349 e. The lowest BCUT2D eigenvalue weighted by Crippen LogP contribution is -2.07. The molecule has 0 radical (unpaired) electrons. The van der Waals surface area contributed by atoms with E-state index in [4.69, 9.17) is 5.84 Å². The van der Waals surface area contributed by atoms with Gasteiger partial charge in [0.25, 0.3) is 0 Å². The Hall–Kier alpha value is -1.48. The van der Waals surface area contributed by atoms with Crippen LogP contribution in [0.1, 0.15) is 0 Å². The number of nitrogens with one attached hydrogen (secondary N) is 1. The van der Waals surface area contributed by atoms with E-state index in [9.17, 15) is 0 Å². The number of aryl methyl sites for hydroxylation is 1. The van der Waals surface area contributed by atoms with E-state index >= 15 is 0 Å². The fourth-order valence-electron chi connectivity index (χ4n) is 1.47. The third kappa shape index (κ3) is 0.871. The largest absolute Gasteiger partial charge is 0.349 e. The number of aromatic nitrogens is 1. The van der Waals surface area contributed by atoms with E-state index in [1.165, 1.54) is 5.39 Å². The van der Waals surface area contributed by atoms with Gasteiger partial charge < -0.3 is 9.99 Å². The quantitative estimate of drug-likeness (QED) is 0.491. The SMILES string of the molecule is Cn1ccc2cccc(NN)c21. The zero-order valence-electron chi connectivity index (χ0n) is 6.91. The molecule has 0 bridgehead atoms. The zero-order chi connectivity index (χ0) is 8.55. The van der Waals surface area contributed by atoms with Gasteiger partial charge in [0.2, 0.25) is 0 Å². The Balaban J connectivity index is 2.84. The highest BCUT2D eigenvalue weighted by Crippen LogP contribution is 2.22. The summed E-state index contributed by atoms with van der Waals surface area (Å²) in [6.45, 7) is 0. The van der Waals surface area contributed by atoms with E-state index < -0.39 is 0 Å². The van der Waals surface area contributed by atoms with Gasteiger partial charge in [-0.2, -0.15) is 0 Å². The highest BCUT2D eigenvalue weighted by atomic mass is 15.2. The molecule has 3 N–H and O–H groups in total. The molecule has 0 aliphatic heterocycles. The molecule has 0 saturated heterocycles. The molecule has 1 aromatic heterocycles. The molecule has 3 heteroatoms. The topological polar surface area (TPSA) is 43.0 Å². The minimum atomic E-state index is 0.958. The molecule has 3 nitrogen and oxygen atoms in total. The third-order valence-corrected chi connectivity index (χ3v) is 2.05. The van der Waals surface area contributed by atoms with Crippen molar-refractivity contribution in [1.29, 1.82) is 0 Å². The van der Waals surface area contributed by atoms with Crippen molar-refractivity contribution < 1.29 is 0 Å². The third-order valence-electron chi connectivity index (χ3n) is 2.05. The molecule has 0 saturated carbocycles. The number of nitrogens with zero attached hydrogens (tertiary/aromatic N) is 1. The number of hydrogen-bond donors (Lipinski definition) is 2. The van der Waals surface area contributed by atoms with Crippen molar-refractivity contribution in [2.45, 2.75) is 0 Å². The van der Waals surface area contributed by atoms with Crippen LogP contribution in [0, 0.1) is 0 Å². The first-order valence-corrected chi connectivity index (χ1v) is 3.83. The van der Waals surface area contributed by atoms with E-state index in [2.05, 4.69) is 17.6 Å². The van der Waals surface area contributed by atoms with Gasteiger partial charge in [-0.05, 0) is 12.1 Å². The molecule has 2 rings (SSSR count). The molecule has 0 fully saturated rings. The Bertz CT molecular complexity index is 403. The monoisotopic (exact) mass is 161 g/mol. The number of hydrazine groups is 1. The Morgan fingerprint density at radius 1 is 1.33 bits per heavy atom. The normalized spacial score (nSPS) is 10.5. The van der Waals surface area contributed by atoms with Gasteiger partial charge in [-0.25, -0.2) is 0 Å². The number of anilines is 1. The summed E-state index contributed by atoms with van der Waals surface area (Å²) in [5, 5.41) is 1.20. The summed E-state index contributed by atoms with van der Waals surface area (Å²) in [5.74, 6) is 5.38. The number of nitrogens with two attached hydrogens (primary N) is 1. The summed E-state index contributed by atoms with van der Waals surface area (Å²) >= 11 is 0. The molecule has 0 atom stereocenters. The number of nitrogen functional groups attached to an aromatic ring is 1. The van der Waals surface area contributed by atoms with E-state index in [1.54, 1.807) is 0 Å². The van der Waals surface area contributed by atoms with Crippen LogP contribution in [0.4, 0.5) is 5.69 Å². The van der Waals surface area contributed by atoms with Crippen LogP contribution in [-0.2, 0) is 7.05 Å². The molecular weight excluding hydrogens is 150 g/mol. The Kier molecular flexibility index (Phi) is 1.52. The van der Waals surface area contributed by atoms with Gasteiger partial charge in [-0.3, -0.25) is 5.84 Å². The van der Waals surface area contributed by atoms with Crippen molar-refractivity contribution in [3.63, 3.8) is 0 Å². The van der Waals surface area contributed by atoms with Crippen LogP contribution < -0.4 is 11.3 Å². The van der Waals surface area contributed by atoms with Crippen molar-refractivity contribution in [2.75, 3.05) is 5.43 Å². The van der Waals surface area contributed by atoms with Crippen LogP contribution >= 0.6 is 0 Å². The van der Waals surface area contributed by atoms with E-state index in [0.717, 1.165) is 11.2 Å². The van der Waals surface area contributed by atoms with Gasteiger partial charge in [0.05, 0.1) is 11.2 Å². The zero-order valence-corrected chi connectivity index (χ0v) is 6.91. The Morgan fingerprint density at radius 2 is 2.17 bits per heavy atom. The van der Waals surface area contributed by atoms with Crippen LogP contribution in [0.25, 0.3) is 10.9 Å². The molecule has 1 aromatic carbocycles. The maximum Gasteiger partial charge on any atom is 0.0729 e. The smallest absolute Gasteiger partial charge is 0.0729 e. The number of fused-ring (bicyclic) bond motifs is 1. The van der Waals surface area contributed by atoms with Crippen molar-refractivity contribution in [3.8, 4) is 0 Å². The second kappa shape index (κ2) is 2.53. The molecular formula is C9H11N3. The van der Waals surface area contributed by atoms with E-state index in [1.807, 2.05) is 29.9 Å². The number of rotatable bonds is 1. The van der Waals surface area contributed by atoms with Crippen LogP contribution in [0.3, 0.4) is 0 Å². The van der Waals surface area contributed by atoms with Gasteiger partial charge >= 0.3 is 0 Å². The number of hydrogen-bond acceptors (Lipinski definition) is 2. The molecule has 0 spiro atoms. The highest BCUT2D eigenvalue weighted by molar-refractivity contribution is 5.91. The molecule has 0 unspecified atom stereocenters. The molecule has 62 valence electrons. The van der Waals surface area contributed by atoms with Crippen LogP contribution in [0.5, 0.6) is 0 Å². The lowest BCUT2D eigenvalue weighted by molar-refractivity contribution is 0.969. The fraction of sp³-hybridized carbons (Fsp3) is 0.111. The maximum absolute atomic E-state index is 5.38. The second-order valence-electron chi connectivity index (χ2n) is 2.81. The summed E-state index contributed by atoms with van der Waals surface area (Å²) in [5.41, 5.74) is 4.77. The van der Waals surface area contributed by atoms with Crippen molar-refractivity contribution in [1.82, 2.24) is 4.57 Å². The highest BCUT2D eigenvalue weighted by Gasteiger charge is 2.01. The van der Waals surface area contributed by atoms with Gasteiger partial charge in [-0.1, -0.05) is 12.1 Å². The molecule has 0 aliphatic rings. The van der Waals surface area contributed by atoms with Gasteiger partial charge in [-0.15, -0.1) is 0 Å². The first kappa shape index (κ1) is 7.18. The molecule has 0 amide bonds. The van der Waals surface area contributed by atoms with Crippen molar-refractivity contribution in [2.24, 2.45) is 12.9 Å². The Morgan fingerprint density at radius 3 is 2.92 bits per heavy atom. The van der Waals surface area contributed by atoms with E-state index in [0.29, 0.717) is 0 Å². The average molecular weight is 161 g/mol. The van der Waals surface area contributed by atoms with Crippen LogP contribution in [0.2, 0.25) is 0 Å². The maximum atomic E-state index is 5.38. The standard InChI is InChI=1S/C9H11N3/c1-12-6-5-7-3-2-4-8(11-10)9(7)12/h2-6,11H,10H2,1H3. The van der Waals surface area contributed by atoms with Gasteiger partial charge in [0, 0.05) is 18.6 Å². The molecule has 0 aliphatic carbocycles. The first-order chi connectivity index (χ1) is 5.83. The summed E-state index contributed by atoms with van der Waals surface area (Å²) in [4.78, 5) is 0. The summed E-state index contributed by atoms with van der Waals surface area (Å²) < 4.78 is 2.05. The lowest BCUT2D eigenvalue weighted by atomic mass is 10.2. The first-order valence-electron chi connectivity index (χ1n) is 3.83. The predicted octanol–water partition coefficient (Wildman–Crippen LogP) is 1.46. The van der Waals surface area contributed by atoms with Crippen LogP contribution in [0.15, 0.2) is 30.5 Å². The fourth-order valence-corrected chi connectivity index (χ4v) is 1.47. The Labute approximate surface area is 70.8 Å². The molecule has 2 aromatic rings. The summed E-state index contributed by atoms with van der Waals surface area (Å²) in [6.07, 6.45) is 2.02. The number of para-hydroxylation sites is 1. The molecule has 12 heavy (non-hydrogen) atoms. The van der Waals surface area contributed by atoms with Crippen molar-refractivity contribution in [3.05, 3.63) is 30.5 Å². The lowest BCUT2D eigenvalue weighted by Gasteiger charge is -2.03. The predicted molar refractivity (Wildman–Crippen MR) is 50.7 cm³/mol. The van der Waals surface area contributed by atoms with E-state index in [-0.39, 0.29) is 0 Å². The van der Waals surface area contributed by atoms with Crippen LogP contribution in [-0.4, -0.2) is 4.57 Å². The second-order valence-corrected chi connectivity index (χ2v) is 2.81.